The molecule has 2 fully saturated rings. The van der Waals surface area contributed by atoms with Crippen LogP contribution < -0.4 is 15.2 Å². The zero-order valence-electron chi connectivity index (χ0n) is 20.9. The van der Waals surface area contributed by atoms with Gasteiger partial charge < -0.3 is 29.2 Å². The molecule has 0 bridgehead atoms. The molecule has 15 heteroatoms. The van der Waals surface area contributed by atoms with Gasteiger partial charge in [0.15, 0.2) is 24.0 Å². The Morgan fingerprint density at radius 3 is 2.76 bits per heavy atom. The number of nitrogen functional groups attached to an aromatic ring is 1. The molecule has 5 rings (SSSR count). The van der Waals surface area contributed by atoms with Gasteiger partial charge in [0.1, 0.15) is 23.7 Å². The van der Waals surface area contributed by atoms with Crippen molar-refractivity contribution in [3.8, 4) is 5.75 Å². The maximum absolute atomic E-state index is 12.7. The van der Waals surface area contributed by atoms with Crippen molar-refractivity contribution in [1.29, 1.82) is 0 Å². The minimum absolute atomic E-state index is 0.0141. The molecule has 3 aromatic rings. The normalized spacial score (nSPS) is 24.4. The molecule has 3 heterocycles. The van der Waals surface area contributed by atoms with Gasteiger partial charge in [-0.2, -0.15) is 8.42 Å². The van der Waals surface area contributed by atoms with Crippen molar-refractivity contribution in [1.82, 2.24) is 24.2 Å². The highest BCUT2D eigenvalue weighted by atomic mass is 32.2. The minimum Gasteiger partial charge on any atom is -0.467 e. The third-order valence-corrected chi connectivity index (χ3v) is 7.30. The molecule has 14 nitrogen and oxygen atoms in total. The van der Waals surface area contributed by atoms with Crippen LogP contribution in [0.1, 0.15) is 36.7 Å². The van der Waals surface area contributed by atoms with Crippen LogP contribution in [0.3, 0.4) is 0 Å². The lowest BCUT2D eigenvalue weighted by atomic mass is 10.1. The number of nitrogens with one attached hydrogen (secondary N) is 1. The first-order valence-electron chi connectivity index (χ1n) is 11.8. The van der Waals surface area contributed by atoms with Crippen molar-refractivity contribution >= 4 is 33.2 Å². The molecule has 3 N–H and O–H groups in total. The molecule has 4 atom stereocenters. The predicted octanol–water partition coefficient (Wildman–Crippen LogP) is 1.16. The molecular formula is C23H28N6O8S. The molecule has 38 heavy (non-hydrogen) atoms. The Morgan fingerprint density at radius 1 is 1.21 bits per heavy atom. The van der Waals surface area contributed by atoms with Gasteiger partial charge in [-0.3, -0.25) is 8.98 Å². The summed E-state index contributed by atoms with van der Waals surface area (Å²) in [6.45, 7) is 3.21. The van der Waals surface area contributed by atoms with E-state index in [0.717, 1.165) is 0 Å². The summed E-state index contributed by atoms with van der Waals surface area (Å²) in [7, 11) is -3.03. The number of fused-ring (bicyclic) bond motifs is 2. The summed E-state index contributed by atoms with van der Waals surface area (Å²) in [5.74, 6) is -1.76. The number of hydrogen-bond donors (Lipinski definition) is 2. The summed E-state index contributed by atoms with van der Waals surface area (Å²) in [6, 6.07) is 5.90. The maximum Gasteiger partial charge on any atom is 0.362 e. The average molecular weight is 549 g/mol. The number of methoxy groups -OCH3 is 1. The van der Waals surface area contributed by atoms with E-state index in [4.69, 9.17) is 28.9 Å². The molecule has 1 aromatic carbocycles. The number of nitrogens with two attached hydrogens (primary N) is 1. The fourth-order valence-electron chi connectivity index (χ4n) is 4.88. The predicted molar refractivity (Wildman–Crippen MR) is 132 cm³/mol. The van der Waals surface area contributed by atoms with E-state index in [1.807, 2.05) is 9.29 Å². The zero-order valence-corrected chi connectivity index (χ0v) is 21.8. The van der Waals surface area contributed by atoms with Crippen molar-refractivity contribution in [2.24, 2.45) is 5.92 Å². The molecule has 204 valence electrons. The van der Waals surface area contributed by atoms with Crippen molar-refractivity contribution in [3.63, 3.8) is 0 Å². The minimum atomic E-state index is -4.46. The lowest BCUT2D eigenvalue weighted by Crippen LogP contribution is -2.35. The summed E-state index contributed by atoms with van der Waals surface area (Å²) >= 11 is 0. The summed E-state index contributed by atoms with van der Waals surface area (Å²) in [6.07, 6.45) is 2.51. The van der Waals surface area contributed by atoms with Gasteiger partial charge in [-0.25, -0.2) is 19.7 Å². The third-order valence-electron chi connectivity index (χ3n) is 6.41. The fourth-order valence-corrected chi connectivity index (χ4v) is 5.63. The Balaban J connectivity index is 1.31. The van der Waals surface area contributed by atoms with E-state index in [-0.39, 0.29) is 42.5 Å². The third kappa shape index (κ3) is 5.15. The number of benzene rings is 1. The standard InChI is InChI=1S/C23H28N6O8S/c1-23(2)36-18-13(8-15(19(18)37-23)29-11-27-17-20(24)25-10-26-21(17)29)9-35-38(31,32)28-22(30)14-6-4-5-7-16(14)34-12-33-3/h4-7,10-11,13,15,18-19H,8-9,12H2,1-3H3,(H,28,30)(H2,24,25,26)/t13-,15-,18-,19+/m1/s1. The molecule has 0 unspecified atom stereocenters. The SMILES string of the molecule is COCOc1ccccc1C(=O)NS(=O)(=O)OC[C@H]1C[C@@H](n2cnc3c(N)ncnc32)[C@@H]2OC(C)(C)O[C@H]12. The van der Waals surface area contributed by atoms with Gasteiger partial charge in [0.2, 0.25) is 0 Å². The second kappa shape index (κ2) is 10.1. The van der Waals surface area contributed by atoms with E-state index < -0.39 is 34.2 Å². The first-order valence-corrected chi connectivity index (χ1v) is 13.2. The van der Waals surface area contributed by atoms with Crippen LogP contribution in [0.25, 0.3) is 11.2 Å². The largest absolute Gasteiger partial charge is 0.467 e. The summed E-state index contributed by atoms with van der Waals surface area (Å²) < 4.78 is 56.9. The number of ether oxygens (including phenoxy) is 4. The number of hydrogen-bond acceptors (Lipinski definition) is 12. The van der Waals surface area contributed by atoms with Crippen LogP contribution in [0, 0.1) is 5.92 Å². The second-order valence-electron chi connectivity index (χ2n) is 9.43. The molecule has 0 radical (unpaired) electrons. The topological polar surface area (TPSA) is 179 Å². The zero-order chi connectivity index (χ0) is 27.1. The van der Waals surface area contributed by atoms with Gasteiger partial charge in [-0.15, -0.1) is 0 Å². The van der Waals surface area contributed by atoms with Crippen molar-refractivity contribution in [2.45, 2.75) is 44.3 Å². The maximum atomic E-state index is 12.7. The van der Waals surface area contributed by atoms with Crippen LogP contribution in [0.2, 0.25) is 0 Å². The van der Waals surface area contributed by atoms with Crippen LogP contribution in [-0.2, 0) is 28.7 Å². The van der Waals surface area contributed by atoms with Gasteiger partial charge in [0, 0.05) is 13.0 Å². The Kier molecular flexibility index (Phi) is 6.96. The number of para-hydroxylation sites is 1. The van der Waals surface area contributed by atoms with E-state index in [0.29, 0.717) is 17.6 Å². The molecule has 0 spiro atoms. The second-order valence-corrected chi connectivity index (χ2v) is 10.8. The highest BCUT2D eigenvalue weighted by molar-refractivity contribution is 7.85. The van der Waals surface area contributed by atoms with E-state index in [2.05, 4.69) is 15.0 Å². The van der Waals surface area contributed by atoms with Gasteiger partial charge in [-0.05, 0) is 32.4 Å². The number of carbonyl (C=O) groups is 1. The van der Waals surface area contributed by atoms with Gasteiger partial charge in [-0.1, -0.05) is 12.1 Å². The molecule has 1 saturated carbocycles. The van der Waals surface area contributed by atoms with Crippen LogP contribution >= 0.6 is 0 Å². The highest BCUT2D eigenvalue weighted by Crippen LogP contribution is 2.47. The van der Waals surface area contributed by atoms with Crippen LogP contribution in [0.5, 0.6) is 5.75 Å². The van der Waals surface area contributed by atoms with Gasteiger partial charge in [0.25, 0.3) is 5.91 Å². The first-order chi connectivity index (χ1) is 18.1. The van der Waals surface area contributed by atoms with Crippen molar-refractivity contribution < 1.29 is 36.3 Å². The Hall–Kier alpha value is -3.37. The molecular weight excluding hydrogens is 520 g/mol. The highest BCUT2D eigenvalue weighted by Gasteiger charge is 2.55. The fraction of sp³-hybridized carbons (Fsp3) is 0.478. The lowest BCUT2D eigenvalue weighted by Gasteiger charge is -2.24. The van der Waals surface area contributed by atoms with E-state index in [9.17, 15) is 13.2 Å². The van der Waals surface area contributed by atoms with E-state index in [1.54, 1.807) is 32.3 Å². The number of imidazole rings is 1. The molecule has 1 aliphatic heterocycles. The van der Waals surface area contributed by atoms with E-state index >= 15 is 0 Å². The smallest absolute Gasteiger partial charge is 0.362 e. The Labute approximate surface area is 218 Å². The number of amides is 1. The summed E-state index contributed by atoms with van der Waals surface area (Å²) in [5, 5.41) is 0. The first kappa shape index (κ1) is 26.2. The van der Waals surface area contributed by atoms with Gasteiger partial charge >= 0.3 is 10.3 Å². The van der Waals surface area contributed by atoms with Crippen LogP contribution in [0.15, 0.2) is 36.9 Å². The number of anilines is 1. The molecule has 1 saturated heterocycles. The van der Waals surface area contributed by atoms with E-state index in [1.165, 1.54) is 25.6 Å². The molecule has 2 aliphatic rings. The number of rotatable bonds is 9. The van der Waals surface area contributed by atoms with Crippen molar-refractivity contribution in [3.05, 3.63) is 42.5 Å². The molecule has 2 aromatic heterocycles. The number of nitrogens with zero attached hydrogens (tertiary/aromatic N) is 4. The molecule has 1 amide bonds. The average Bonchev–Trinajstić information content (AvgIpc) is 3.53. The summed E-state index contributed by atoms with van der Waals surface area (Å²) in [5.41, 5.74) is 6.94. The monoisotopic (exact) mass is 548 g/mol. The Morgan fingerprint density at radius 2 is 1.97 bits per heavy atom. The van der Waals surface area contributed by atoms with Crippen LogP contribution in [-0.4, -0.2) is 72.3 Å². The van der Waals surface area contributed by atoms with Crippen molar-refractivity contribution in [2.75, 3.05) is 26.2 Å². The quantitative estimate of drug-likeness (QED) is 0.365. The molecule has 1 aliphatic carbocycles. The summed E-state index contributed by atoms with van der Waals surface area (Å²) in [4.78, 5) is 25.3. The lowest BCUT2D eigenvalue weighted by molar-refractivity contribution is -0.161. The van der Waals surface area contributed by atoms with Crippen LogP contribution in [0.4, 0.5) is 5.82 Å². The number of aromatic nitrogens is 4. The number of carbonyl (C=O) groups excluding carboxylic acids is 1. The Bertz CT molecular complexity index is 1440. The van der Waals surface area contributed by atoms with Gasteiger partial charge in [0.05, 0.1) is 30.6 Å².